The molecule has 1 aliphatic heterocycles. The van der Waals surface area contributed by atoms with Crippen LogP contribution in [0.25, 0.3) is 6.08 Å². The quantitative estimate of drug-likeness (QED) is 0.369. The summed E-state index contributed by atoms with van der Waals surface area (Å²) >= 11 is 0.970. The molecule has 6 heteroatoms. The van der Waals surface area contributed by atoms with E-state index in [4.69, 9.17) is 9.47 Å². The van der Waals surface area contributed by atoms with E-state index in [1.807, 2.05) is 18.2 Å². The molecular formula is C21H29NO4S. The van der Waals surface area contributed by atoms with Crippen molar-refractivity contribution in [2.24, 2.45) is 0 Å². The molecule has 27 heavy (non-hydrogen) atoms. The molecule has 2 amide bonds. The number of carbonyl (C=O) groups excluding carboxylic acids is 2. The third-order valence-electron chi connectivity index (χ3n) is 4.43. The maximum absolute atomic E-state index is 12.2. The second-order valence-electron chi connectivity index (χ2n) is 6.45. The van der Waals surface area contributed by atoms with Gasteiger partial charge in [-0.05, 0) is 48.9 Å². The molecule has 1 aliphatic rings. The number of carbonyl (C=O) groups is 2. The fourth-order valence-electron chi connectivity index (χ4n) is 2.88. The molecule has 5 nitrogen and oxygen atoms in total. The monoisotopic (exact) mass is 391 g/mol. The first kappa shape index (κ1) is 21.4. The van der Waals surface area contributed by atoms with Crippen LogP contribution in [0.4, 0.5) is 4.79 Å². The second kappa shape index (κ2) is 11.0. The summed E-state index contributed by atoms with van der Waals surface area (Å²) in [5, 5.41) is -0.223. The average molecular weight is 392 g/mol. The van der Waals surface area contributed by atoms with Gasteiger partial charge in [0, 0.05) is 6.54 Å². The molecule has 1 aromatic rings. The highest BCUT2D eigenvalue weighted by Crippen LogP contribution is 2.34. The molecule has 0 saturated carbocycles. The van der Waals surface area contributed by atoms with Crippen molar-refractivity contribution in [2.75, 3.05) is 20.3 Å². The van der Waals surface area contributed by atoms with Crippen LogP contribution in [0, 0.1) is 0 Å². The molecule has 1 heterocycles. The molecule has 148 valence electrons. The van der Waals surface area contributed by atoms with Crippen LogP contribution in [0.15, 0.2) is 23.1 Å². The Hall–Kier alpha value is -1.95. The van der Waals surface area contributed by atoms with Gasteiger partial charge < -0.3 is 9.47 Å². The Kier molecular flexibility index (Phi) is 8.72. The van der Waals surface area contributed by atoms with Crippen molar-refractivity contribution in [1.82, 2.24) is 4.90 Å². The van der Waals surface area contributed by atoms with Crippen molar-refractivity contribution in [3.63, 3.8) is 0 Å². The zero-order chi connectivity index (χ0) is 19.6. The van der Waals surface area contributed by atoms with Crippen LogP contribution in [0.3, 0.4) is 0 Å². The maximum atomic E-state index is 12.2. The maximum Gasteiger partial charge on any atom is 0.293 e. The lowest BCUT2D eigenvalue weighted by atomic mass is 10.1. The number of nitrogens with zero attached hydrogens (tertiary/aromatic N) is 1. The number of unbranched alkanes of at least 4 members (excludes halogenated alkanes) is 5. The van der Waals surface area contributed by atoms with Gasteiger partial charge in [0.25, 0.3) is 11.1 Å². The van der Waals surface area contributed by atoms with E-state index in [2.05, 4.69) is 6.92 Å². The minimum atomic E-state index is -0.241. The molecule has 0 atom stereocenters. The van der Waals surface area contributed by atoms with Crippen molar-refractivity contribution < 1.29 is 19.1 Å². The predicted octanol–water partition coefficient (Wildman–Crippen LogP) is 5.49. The molecule has 0 aliphatic carbocycles. The molecule has 0 unspecified atom stereocenters. The number of imide groups is 1. The standard InChI is InChI=1S/C21H29NO4S/c1-4-6-7-8-9-10-13-26-17-12-11-16(14-18(17)25-3)15-19-20(23)22(5-2)21(24)27-19/h11-12,14-15H,4-10,13H2,1-3H3/b19-15-. The summed E-state index contributed by atoms with van der Waals surface area (Å²) in [4.78, 5) is 25.7. The summed E-state index contributed by atoms with van der Waals surface area (Å²) < 4.78 is 11.3. The van der Waals surface area contributed by atoms with E-state index in [1.165, 1.54) is 37.0 Å². The fraction of sp³-hybridized carbons (Fsp3) is 0.524. The van der Waals surface area contributed by atoms with Crippen LogP contribution in [0.1, 0.15) is 57.9 Å². The SMILES string of the molecule is CCCCCCCCOc1ccc(/C=C2\SC(=O)N(CC)C2=O)cc1OC. The summed E-state index contributed by atoms with van der Waals surface area (Å²) in [6, 6.07) is 5.56. The minimum Gasteiger partial charge on any atom is -0.493 e. The molecule has 1 saturated heterocycles. The predicted molar refractivity (Wildman–Crippen MR) is 110 cm³/mol. The van der Waals surface area contributed by atoms with Gasteiger partial charge in [0.15, 0.2) is 11.5 Å². The molecule has 0 bridgehead atoms. The van der Waals surface area contributed by atoms with Gasteiger partial charge in [-0.25, -0.2) is 0 Å². The lowest BCUT2D eigenvalue weighted by molar-refractivity contribution is -0.122. The van der Waals surface area contributed by atoms with Gasteiger partial charge in [0.2, 0.25) is 0 Å². The van der Waals surface area contributed by atoms with E-state index in [1.54, 1.807) is 20.1 Å². The first-order chi connectivity index (χ1) is 13.1. The number of hydrogen-bond donors (Lipinski definition) is 0. The fourth-order valence-corrected chi connectivity index (χ4v) is 3.78. The van der Waals surface area contributed by atoms with Crippen LogP contribution in [0.2, 0.25) is 0 Å². The first-order valence-electron chi connectivity index (χ1n) is 9.66. The second-order valence-corrected chi connectivity index (χ2v) is 7.45. The number of likely N-dealkylation sites (N-methyl/N-ethyl adjacent to an activating group) is 1. The van der Waals surface area contributed by atoms with E-state index >= 15 is 0 Å². The lowest BCUT2D eigenvalue weighted by Gasteiger charge is -2.11. The normalized spacial score (nSPS) is 15.7. The molecule has 1 aromatic carbocycles. The van der Waals surface area contributed by atoms with Crippen LogP contribution in [-0.4, -0.2) is 36.3 Å². The smallest absolute Gasteiger partial charge is 0.293 e. The van der Waals surface area contributed by atoms with E-state index < -0.39 is 0 Å². The van der Waals surface area contributed by atoms with Crippen LogP contribution < -0.4 is 9.47 Å². The van der Waals surface area contributed by atoms with E-state index in [0.717, 1.165) is 23.7 Å². The van der Waals surface area contributed by atoms with Gasteiger partial charge in [0.1, 0.15) is 0 Å². The summed E-state index contributed by atoms with van der Waals surface area (Å²) in [6.45, 7) is 5.06. The summed E-state index contributed by atoms with van der Waals surface area (Å²) in [6.07, 6.45) is 9.02. The van der Waals surface area contributed by atoms with Crippen molar-refractivity contribution in [3.8, 4) is 11.5 Å². The van der Waals surface area contributed by atoms with E-state index in [0.29, 0.717) is 29.6 Å². The number of rotatable bonds is 11. The van der Waals surface area contributed by atoms with Crippen LogP contribution in [0.5, 0.6) is 11.5 Å². The number of amides is 2. The Morgan fingerprint density at radius 2 is 1.78 bits per heavy atom. The first-order valence-corrected chi connectivity index (χ1v) is 10.5. The number of hydrogen-bond acceptors (Lipinski definition) is 5. The summed E-state index contributed by atoms with van der Waals surface area (Å²) in [5.41, 5.74) is 0.806. The molecule has 0 N–H and O–H groups in total. The van der Waals surface area contributed by atoms with Crippen LogP contribution in [-0.2, 0) is 4.79 Å². The van der Waals surface area contributed by atoms with Gasteiger partial charge >= 0.3 is 0 Å². The molecule has 0 aromatic heterocycles. The van der Waals surface area contributed by atoms with Gasteiger partial charge in [0.05, 0.1) is 18.6 Å². The topological polar surface area (TPSA) is 55.8 Å². The van der Waals surface area contributed by atoms with Gasteiger partial charge in [-0.3, -0.25) is 14.5 Å². The van der Waals surface area contributed by atoms with E-state index in [9.17, 15) is 9.59 Å². The third kappa shape index (κ3) is 6.03. The molecule has 0 radical (unpaired) electrons. The Bertz CT molecular complexity index is 687. The third-order valence-corrected chi connectivity index (χ3v) is 5.34. The Balaban J connectivity index is 1.95. The summed E-state index contributed by atoms with van der Waals surface area (Å²) in [7, 11) is 1.60. The van der Waals surface area contributed by atoms with Gasteiger partial charge in [-0.2, -0.15) is 0 Å². The number of methoxy groups -OCH3 is 1. The van der Waals surface area contributed by atoms with Crippen molar-refractivity contribution >= 4 is 29.0 Å². The lowest BCUT2D eigenvalue weighted by Crippen LogP contribution is -2.27. The number of thioether (sulfide) groups is 1. The molecule has 2 rings (SSSR count). The molecular weight excluding hydrogens is 362 g/mol. The Labute approximate surface area is 166 Å². The Morgan fingerprint density at radius 3 is 2.44 bits per heavy atom. The summed E-state index contributed by atoms with van der Waals surface area (Å²) in [5.74, 6) is 1.09. The van der Waals surface area contributed by atoms with Crippen LogP contribution >= 0.6 is 11.8 Å². The van der Waals surface area contributed by atoms with Crippen molar-refractivity contribution in [1.29, 1.82) is 0 Å². The highest BCUT2D eigenvalue weighted by molar-refractivity contribution is 8.18. The van der Waals surface area contributed by atoms with Crippen molar-refractivity contribution in [2.45, 2.75) is 52.4 Å². The largest absolute Gasteiger partial charge is 0.493 e. The van der Waals surface area contributed by atoms with Crippen molar-refractivity contribution in [3.05, 3.63) is 28.7 Å². The van der Waals surface area contributed by atoms with Gasteiger partial charge in [-0.15, -0.1) is 0 Å². The zero-order valence-corrected chi connectivity index (χ0v) is 17.3. The highest BCUT2D eigenvalue weighted by Gasteiger charge is 2.33. The molecule has 1 fully saturated rings. The number of benzene rings is 1. The Morgan fingerprint density at radius 1 is 1.04 bits per heavy atom. The zero-order valence-electron chi connectivity index (χ0n) is 16.5. The molecule has 0 spiro atoms. The number of ether oxygens (including phenoxy) is 2. The van der Waals surface area contributed by atoms with Gasteiger partial charge in [-0.1, -0.05) is 45.1 Å². The average Bonchev–Trinajstić information content (AvgIpc) is 2.94. The van der Waals surface area contributed by atoms with E-state index in [-0.39, 0.29) is 11.1 Å². The highest BCUT2D eigenvalue weighted by atomic mass is 32.2. The minimum absolute atomic E-state index is 0.223.